The van der Waals surface area contributed by atoms with Crippen LogP contribution in [-0.4, -0.2) is 53.6 Å². The maximum absolute atomic E-state index is 11.7. The van der Waals surface area contributed by atoms with Crippen molar-refractivity contribution in [3.63, 3.8) is 0 Å². The van der Waals surface area contributed by atoms with Gasteiger partial charge in [-0.3, -0.25) is 9.69 Å². The number of phenolic OH excluding ortho intramolecular Hbond substituents is 1. The Labute approximate surface area is 118 Å². The van der Waals surface area contributed by atoms with Crippen LogP contribution in [0.4, 0.5) is 0 Å². The van der Waals surface area contributed by atoms with Crippen LogP contribution < -0.4 is 4.74 Å². The van der Waals surface area contributed by atoms with E-state index in [2.05, 4.69) is 4.90 Å². The highest BCUT2D eigenvalue weighted by Gasteiger charge is 2.35. The van der Waals surface area contributed by atoms with Crippen LogP contribution in [0.25, 0.3) is 0 Å². The van der Waals surface area contributed by atoms with Crippen LogP contribution in [0.1, 0.15) is 18.4 Å². The van der Waals surface area contributed by atoms with E-state index in [1.807, 2.05) is 11.0 Å². The molecule has 3 rings (SSSR count). The molecule has 2 saturated heterocycles. The maximum atomic E-state index is 11.7. The highest BCUT2D eigenvalue weighted by atomic mass is 16.5. The summed E-state index contributed by atoms with van der Waals surface area (Å²) in [6, 6.07) is 5.65. The molecular weight excluding hydrogens is 256 g/mol. The SMILES string of the molecule is COc1ccc(O)c(CN2CCN3C(=O)CCC3C2)c1. The predicted octanol–water partition coefficient (Wildman–Crippen LogP) is 1.21. The van der Waals surface area contributed by atoms with Crippen molar-refractivity contribution in [1.82, 2.24) is 9.80 Å². The molecule has 108 valence electrons. The number of carbonyl (C=O) groups is 1. The molecule has 1 N–H and O–H groups in total. The van der Waals surface area contributed by atoms with Crippen molar-refractivity contribution in [1.29, 1.82) is 0 Å². The van der Waals surface area contributed by atoms with Crippen molar-refractivity contribution in [3.05, 3.63) is 23.8 Å². The van der Waals surface area contributed by atoms with E-state index in [4.69, 9.17) is 4.74 Å². The Kier molecular flexibility index (Phi) is 3.53. The Balaban J connectivity index is 1.68. The number of hydrogen-bond acceptors (Lipinski definition) is 4. The van der Waals surface area contributed by atoms with E-state index in [-0.39, 0.29) is 0 Å². The third-order valence-corrected chi connectivity index (χ3v) is 4.26. The van der Waals surface area contributed by atoms with Gasteiger partial charge < -0.3 is 14.7 Å². The van der Waals surface area contributed by atoms with Gasteiger partial charge >= 0.3 is 0 Å². The lowest BCUT2D eigenvalue weighted by Crippen LogP contribution is -2.50. The van der Waals surface area contributed by atoms with Gasteiger partial charge in [-0.25, -0.2) is 0 Å². The van der Waals surface area contributed by atoms with Gasteiger partial charge in [0.15, 0.2) is 0 Å². The van der Waals surface area contributed by atoms with Crippen LogP contribution in [0.3, 0.4) is 0 Å². The zero-order valence-corrected chi connectivity index (χ0v) is 11.7. The molecule has 0 saturated carbocycles. The predicted molar refractivity (Wildman–Crippen MR) is 74.7 cm³/mol. The molecule has 20 heavy (non-hydrogen) atoms. The zero-order valence-electron chi connectivity index (χ0n) is 11.7. The minimum atomic E-state index is 0.291. The quantitative estimate of drug-likeness (QED) is 0.901. The average Bonchev–Trinajstić information content (AvgIpc) is 2.82. The van der Waals surface area contributed by atoms with Crippen LogP contribution >= 0.6 is 0 Å². The minimum absolute atomic E-state index is 0.291. The fourth-order valence-corrected chi connectivity index (χ4v) is 3.13. The van der Waals surface area contributed by atoms with E-state index in [1.54, 1.807) is 19.2 Å². The van der Waals surface area contributed by atoms with E-state index in [1.165, 1.54) is 0 Å². The van der Waals surface area contributed by atoms with E-state index >= 15 is 0 Å². The Bertz CT molecular complexity index is 518. The van der Waals surface area contributed by atoms with E-state index in [0.29, 0.717) is 30.7 Å². The fourth-order valence-electron chi connectivity index (χ4n) is 3.13. The molecule has 5 heteroatoms. The summed E-state index contributed by atoms with van der Waals surface area (Å²) in [6.07, 6.45) is 1.64. The molecule has 0 radical (unpaired) electrons. The molecule has 0 bridgehead atoms. The molecule has 0 aliphatic carbocycles. The number of phenols is 1. The molecule has 1 amide bonds. The summed E-state index contributed by atoms with van der Waals surface area (Å²) in [7, 11) is 1.62. The van der Waals surface area contributed by atoms with Crippen molar-refractivity contribution in [2.24, 2.45) is 0 Å². The molecule has 2 fully saturated rings. The topological polar surface area (TPSA) is 53.0 Å². The Hall–Kier alpha value is -1.75. The molecule has 2 heterocycles. The standard InChI is InChI=1S/C15H20N2O3/c1-20-13-3-4-14(18)11(8-13)9-16-6-7-17-12(10-16)2-5-15(17)19/h3-4,8,12,18H,2,5-7,9-10H2,1H3. The highest BCUT2D eigenvalue weighted by molar-refractivity contribution is 5.78. The van der Waals surface area contributed by atoms with E-state index in [9.17, 15) is 9.90 Å². The molecule has 2 aliphatic rings. The number of carbonyl (C=O) groups excluding carboxylic acids is 1. The second-order valence-corrected chi connectivity index (χ2v) is 5.51. The number of piperazine rings is 1. The van der Waals surface area contributed by atoms with Crippen molar-refractivity contribution < 1.29 is 14.6 Å². The third kappa shape index (κ3) is 2.45. The normalized spacial score (nSPS) is 22.9. The van der Waals surface area contributed by atoms with Gasteiger partial charge in [-0.15, -0.1) is 0 Å². The highest BCUT2D eigenvalue weighted by Crippen LogP contribution is 2.27. The molecule has 1 atom stereocenters. The lowest BCUT2D eigenvalue weighted by molar-refractivity contribution is -0.130. The molecule has 0 spiro atoms. The lowest BCUT2D eigenvalue weighted by Gasteiger charge is -2.37. The second kappa shape index (κ2) is 5.32. The van der Waals surface area contributed by atoms with Crippen LogP contribution in [0, 0.1) is 0 Å². The summed E-state index contributed by atoms with van der Waals surface area (Å²) in [5, 5.41) is 9.94. The van der Waals surface area contributed by atoms with Gasteiger partial charge in [0.05, 0.1) is 7.11 Å². The molecule has 1 aromatic carbocycles. The van der Waals surface area contributed by atoms with Crippen molar-refractivity contribution >= 4 is 5.91 Å². The maximum Gasteiger partial charge on any atom is 0.222 e. The fraction of sp³-hybridized carbons (Fsp3) is 0.533. The van der Waals surface area contributed by atoms with Gasteiger partial charge in [0.2, 0.25) is 5.91 Å². The van der Waals surface area contributed by atoms with Gasteiger partial charge in [-0.1, -0.05) is 0 Å². The molecule has 1 unspecified atom stereocenters. The van der Waals surface area contributed by atoms with Crippen molar-refractivity contribution in [3.8, 4) is 11.5 Å². The Morgan fingerprint density at radius 3 is 3.05 bits per heavy atom. The molecule has 2 aliphatic heterocycles. The Morgan fingerprint density at radius 1 is 1.40 bits per heavy atom. The zero-order chi connectivity index (χ0) is 14.1. The van der Waals surface area contributed by atoms with Crippen molar-refractivity contribution in [2.75, 3.05) is 26.7 Å². The van der Waals surface area contributed by atoms with Crippen LogP contribution in [-0.2, 0) is 11.3 Å². The molecule has 1 aromatic rings. The summed E-state index contributed by atoms with van der Waals surface area (Å²) in [5.74, 6) is 1.35. The number of aromatic hydroxyl groups is 1. The summed E-state index contributed by atoms with van der Waals surface area (Å²) < 4.78 is 5.20. The van der Waals surface area contributed by atoms with Crippen LogP contribution in [0.5, 0.6) is 11.5 Å². The number of amides is 1. The first-order chi connectivity index (χ1) is 9.67. The summed E-state index contributed by atoms with van der Waals surface area (Å²) in [5.41, 5.74) is 0.877. The van der Waals surface area contributed by atoms with Gasteiger partial charge in [-0.2, -0.15) is 0 Å². The summed E-state index contributed by atoms with van der Waals surface area (Å²) in [4.78, 5) is 16.0. The van der Waals surface area contributed by atoms with E-state index in [0.717, 1.165) is 37.4 Å². The first-order valence-electron chi connectivity index (χ1n) is 7.05. The monoisotopic (exact) mass is 276 g/mol. The molecule has 0 aromatic heterocycles. The number of methoxy groups -OCH3 is 1. The molecular formula is C15H20N2O3. The van der Waals surface area contributed by atoms with Crippen LogP contribution in [0.15, 0.2) is 18.2 Å². The Morgan fingerprint density at radius 2 is 2.25 bits per heavy atom. The largest absolute Gasteiger partial charge is 0.508 e. The number of rotatable bonds is 3. The van der Waals surface area contributed by atoms with E-state index < -0.39 is 0 Å². The number of benzene rings is 1. The first kappa shape index (κ1) is 13.2. The second-order valence-electron chi connectivity index (χ2n) is 5.51. The number of nitrogens with zero attached hydrogens (tertiary/aromatic N) is 2. The van der Waals surface area contributed by atoms with Crippen LogP contribution in [0.2, 0.25) is 0 Å². The van der Waals surface area contributed by atoms with Gasteiger partial charge in [0, 0.05) is 44.2 Å². The first-order valence-corrected chi connectivity index (χ1v) is 7.05. The van der Waals surface area contributed by atoms with Crippen molar-refractivity contribution in [2.45, 2.75) is 25.4 Å². The number of fused-ring (bicyclic) bond motifs is 1. The number of ether oxygens (including phenoxy) is 1. The average molecular weight is 276 g/mol. The van der Waals surface area contributed by atoms with Gasteiger partial charge in [-0.05, 0) is 24.6 Å². The summed E-state index contributed by atoms with van der Waals surface area (Å²) >= 11 is 0. The molecule has 5 nitrogen and oxygen atoms in total. The summed E-state index contributed by atoms with van der Waals surface area (Å²) in [6.45, 7) is 3.25. The smallest absolute Gasteiger partial charge is 0.222 e. The number of hydrogen-bond donors (Lipinski definition) is 1. The third-order valence-electron chi connectivity index (χ3n) is 4.26. The minimum Gasteiger partial charge on any atom is -0.508 e. The lowest BCUT2D eigenvalue weighted by atomic mass is 10.1. The van der Waals surface area contributed by atoms with Gasteiger partial charge in [0.25, 0.3) is 0 Å². The van der Waals surface area contributed by atoms with Gasteiger partial charge in [0.1, 0.15) is 11.5 Å².